The second-order valence-electron chi connectivity index (χ2n) is 10.6. The second-order valence-corrected chi connectivity index (χ2v) is 10.6. The van der Waals surface area contributed by atoms with Crippen molar-refractivity contribution in [2.75, 3.05) is 63.1 Å². The lowest BCUT2D eigenvalue weighted by Crippen LogP contribution is -2.57. The van der Waals surface area contributed by atoms with Gasteiger partial charge in [0, 0.05) is 63.5 Å². The maximum absolute atomic E-state index is 14.3. The van der Waals surface area contributed by atoms with Crippen molar-refractivity contribution in [3.63, 3.8) is 0 Å². The highest BCUT2D eigenvalue weighted by molar-refractivity contribution is 5.90. The van der Waals surface area contributed by atoms with Crippen LogP contribution >= 0.6 is 0 Å². The third-order valence-corrected chi connectivity index (χ3v) is 7.47. The first-order valence-corrected chi connectivity index (χ1v) is 13.3. The highest BCUT2D eigenvalue weighted by Gasteiger charge is 2.35. The number of likely N-dealkylation sites (tertiary alicyclic amines) is 1. The van der Waals surface area contributed by atoms with Crippen molar-refractivity contribution in [2.45, 2.75) is 39.2 Å². The van der Waals surface area contributed by atoms with Crippen molar-refractivity contribution in [3.8, 4) is 5.75 Å². The molecule has 0 aliphatic carbocycles. The molecule has 7 heteroatoms. The molecule has 36 heavy (non-hydrogen) atoms. The van der Waals surface area contributed by atoms with Crippen molar-refractivity contribution in [3.05, 3.63) is 54.3 Å². The van der Waals surface area contributed by atoms with Crippen LogP contribution in [-0.2, 0) is 4.79 Å². The first-order valence-electron chi connectivity index (χ1n) is 13.3. The predicted molar refractivity (Wildman–Crippen MR) is 144 cm³/mol. The van der Waals surface area contributed by atoms with Gasteiger partial charge in [0.2, 0.25) is 5.91 Å². The molecule has 2 aromatic rings. The van der Waals surface area contributed by atoms with E-state index in [-0.39, 0.29) is 11.7 Å². The number of rotatable bonds is 9. The van der Waals surface area contributed by atoms with Crippen LogP contribution in [0.15, 0.2) is 48.5 Å². The summed E-state index contributed by atoms with van der Waals surface area (Å²) in [5.74, 6) is 1.70. The smallest absolute Gasteiger partial charge is 0.224 e. The Balaban J connectivity index is 1.36. The molecule has 0 unspecified atom stereocenters. The zero-order valence-corrected chi connectivity index (χ0v) is 22.0. The Kier molecular flexibility index (Phi) is 9.21. The molecule has 2 saturated heterocycles. The Hall–Kier alpha value is -2.64. The summed E-state index contributed by atoms with van der Waals surface area (Å²) in [6.07, 6.45) is 2.49. The normalized spacial score (nSPS) is 21.5. The Morgan fingerprint density at radius 2 is 1.86 bits per heavy atom. The van der Waals surface area contributed by atoms with Gasteiger partial charge in [0.05, 0.1) is 12.8 Å². The van der Waals surface area contributed by atoms with Gasteiger partial charge in [0.25, 0.3) is 0 Å². The molecule has 2 aliphatic heterocycles. The fourth-order valence-corrected chi connectivity index (χ4v) is 5.79. The summed E-state index contributed by atoms with van der Waals surface area (Å²) in [5, 5.41) is 3.03. The maximum Gasteiger partial charge on any atom is 0.224 e. The first-order chi connectivity index (χ1) is 17.4. The molecule has 4 rings (SSSR count). The van der Waals surface area contributed by atoms with E-state index in [0.717, 1.165) is 70.1 Å². The quantitative estimate of drug-likeness (QED) is 0.544. The number of halogens is 1. The van der Waals surface area contributed by atoms with E-state index >= 15 is 0 Å². The van der Waals surface area contributed by atoms with Crippen LogP contribution in [0.25, 0.3) is 0 Å². The summed E-state index contributed by atoms with van der Waals surface area (Å²) >= 11 is 0. The minimum Gasteiger partial charge on any atom is -0.497 e. The number of anilines is 2. The zero-order chi connectivity index (χ0) is 25.5. The highest BCUT2D eigenvalue weighted by atomic mass is 19.1. The van der Waals surface area contributed by atoms with Gasteiger partial charge in [-0.1, -0.05) is 32.0 Å². The Bertz CT molecular complexity index is 993. The number of hydrogen-bond acceptors (Lipinski definition) is 5. The van der Waals surface area contributed by atoms with E-state index in [2.05, 4.69) is 33.9 Å². The van der Waals surface area contributed by atoms with Gasteiger partial charge in [-0.2, -0.15) is 0 Å². The first kappa shape index (κ1) is 26.4. The van der Waals surface area contributed by atoms with Gasteiger partial charge in [-0.15, -0.1) is 0 Å². The van der Waals surface area contributed by atoms with Gasteiger partial charge in [-0.3, -0.25) is 9.69 Å². The van der Waals surface area contributed by atoms with Gasteiger partial charge in [0.15, 0.2) is 0 Å². The molecular formula is C29H41FN4O2. The van der Waals surface area contributed by atoms with Crippen LogP contribution in [0.2, 0.25) is 0 Å². The molecule has 0 saturated carbocycles. The highest BCUT2D eigenvalue weighted by Crippen LogP contribution is 2.29. The fraction of sp³-hybridized carbons (Fsp3) is 0.552. The number of carbonyl (C=O) groups excluding carboxylic acids is 1. The lowest BCUT2D eigenvalue weighted by molar-refractivity contribution is -0.116. The number of methoxy groups -OCH3 is 1. The van der Waals surface area contributed by atoms with E-state index in [1.54, 1.807) is 19.2 Å². The minimum absolute atomic E-state index is 0.0485. The molecule has 1 amide bonds. The minimum atomic E-state index is -0.145. The number of nitrogens with zero attached hydrogens (tertiary/aromatic N) is 3. The average molecular weight is 497 g/mol. The van der Waals surface area contributed by atoms with E-state index in [1.165, 1.54) is 0 Å². The molecule has 6 nitrogen and oxygen atoms in total. The van der Waals surface area contributed by atoms with Gasteiger partial charge in [-0.25, -0.2) is 4.39 Å². The molecule has 2 atom stereocenters. The number of carbonyl (C=O) groups is 1. The number of para-hydroxylation sites is 1. The van der Waals surface area contributed by atoms with Crippen LogP contribution in [0, 0.1) is 17.7 Å². The summed E-state index contributed by atoms with van der Waals surface area (Å²) in [6, 6.07) is 15.0. The third kappa shape index (κ3) is 6.98. The number of hydrogen-bond donors (Lipinski definition) is 1. The summed E-state index contributed by atoms with van der Waals surface area (Å²) in [5.41, 5.74) is 1.47. The Morgan fingerprint density at radius 3 is 2.58 bits per heavy atom. The van der Waals surface area contributed by atoms with Crippen LogP contribution in [0.5, 0.6) is 5.75 Å². The summed E-state index contributed by atoms with van der Waals surface area (Å²) in [7, 11) is 1.63. The Morgan fingerprint density at radius 1 is 1.08 bits per heavy atom. The zero-order valence-electron chi connectivity index (χ0n) is 22.0. The van der Waals surface area contributed by atoms with Gasteiger partial charge in [0.1, 0.15) is 11.6 Å². The molecule has 2 fully saturated rings. The van der Waals surface area contributed by atoms with Crippen molar-refractivity contribution < 1.29 is 13.9 Å². The Labute approximate surface area is 215 Å². The van der Waals surface area contributed by atoms with Crippen molar-refractivity contribution in [1.82, 2.24) is 9.80 Å². The SMILES string of the molecule is COc1cccc(NC(=O)CC[C@@H]2CN(CC(C)C)CC[C@@H]2N2CCN(c3ccccc3F)CC2)c1. The molecule has 196 valence electrons. The molecular weight excluding hydrogens is 455 g/mol. The van der Waals surface area contributed by atoms with Crippen LogP contribution < -0.4 is 15.0 Å². The van der Waals surface area contributed by atoms with E-state index in [1.807, 2.05) is 36.4 Å². The van der Waals surface area contributed by atoms with Gasteiger partial charge in [-0.05, 0) is 55.5 Å². The van der Waals surface area contributed by atoms with Crippen LogP contribution in [-0.4, -0.2) is 74.7 Å². The monoisotopic (exact) mass is 496 g/mol. The second kappa shape index (κ2) is 12.5. The largest absolute Gasteiger partial charge is 0.497 e. The average Bonchev–Trinajstić information content (AvgIpc) is 2.88. The standard InChI is InChI=1S/C29H41FN4O2/c1-22(2)20-32-14-13-27(33-15-17-34(18-16-33)28-10-5-4-9-26(28)30)23(21-32)11-12-29(35)31-24-7-6-8-25(19-24)36-3/h4-10,19,22-23,27H,11-18,20-21H2,1-3H3,(H,31,35)/t23-,27+/m1/s1. The molecule has 2 aromatic carbocycles. The molecule has 1 N–H and O–H groups in total. The number of amides is 1. The fourth-order valence-electron chi connectivity index (χ4n) is 5.79. The third-order valence-electron chi connectivity index (χ3n) is 7.47. The van der Waals surface area contributed by atoms with E-state index < -0.39 is 0 Å². The van der Waals surface area contributed by atoms with Crippen molar-refractivity contribution in [1.29, 1.82) is 0 Å². The van der Waals surface area contributed by atoms with E-state index in [0.29, 0.717) is 30.0 Å². The van der Waals surface area contributed by atoms with Crippen molar-refractivity contribution in [2.24, 2.45) is 11.8 Å². The lowest BCUT2D eigenvalue weighted by Gasteiger charge is -2.47. The van der Waals surface area contributed by atoms with Crippen LogP contribution in [0.1, 0.15) is 33.1 Å². The number of piperazine rings is 1. The van der Waals surface area contributed by atoms with Crippen molar-refractivity contribution >= 4 is 17.3 Å². The molecule has 0 radical (unpaired) electrons. The topological polar surface area (TPSA) is 48.1 Å². The maximum atomic E-state index is 14.3. The molecule has 2 heterocycles. The van der Waals surface area contributed by atoms with E-state index in [9.17, 15) is 9.18 Å². The molecule has 0 bridgehead atoms. The van der Waals surface area contributed by atoms with Crippen LogP contribution in [0.4, 0.5) is 15.8 Å². The lowest BCUT2D eigenvalue weighted by atomic mass is 9.86. The summed E-state index contributed by atoms with van der Waals surface area (Å²) in [4.78, 5) is 20.1. The number of ether oxygens (including phenoxy) is 1. The van der Waals surface area contributed by atoms with Gasteiger partial charge >= 0.3 is 0 Å². The van der Waals surface area contributed by atoms with Gasteiger partial charge < -0.3 is 19.9 Å². The number of benzene rings is 2. The number of piperidine rings is 1. The molecule has 0 spiro atoms. The summed E-state index contributed by atoms with van der Waals surface area (Å²) < 4.78 is 19.6. The van der Waals surface area contributed by atoms with Crippen LogP contribution in [0.3, 0.4) is 0 Å². The predicted octanol–water partition coefficient (Wildman–Crippen LogP) is 4.72. The summed E-state index contributed by atoms with van der Waals surface area (Å²) in [6.45, 7) is 11.3. The molecule has 2 aliphatic rings. The number of nitrogens with one attached hydrogen (secondary N) is 1. The molecule has 0 aromatic heterocycles. The van der Waals surface area contributed by atoms with E-state index in [4.69, 9.17) is 4.74 Å².